The number of hydrogen-bond donors (Lipinski definition) is 1. The summed E-state index contributed by atoms with van der Waals surface area (Å²) in [5.74, 6) is 3.28. The molecule has 0 spiro atoms. The first-order valence-corrected chi connectivity index (χ1v) is 6.42. The minimum Gasteiger partial charge on any atom is -0.350 e. The van der Waals surface area contributed by atoms with Crippen LogP contribution in [-0.4, -0.2) is 11.4 Å². The first kappa shape index (κ1) is 9.68. The summed E-state index contributed by atoms with van der Waals surface area (Å²) in [6, 6.07) is 0. The van der Waals surface area contributed by atoms with E-state index in [9.17, 15) is 4.79 Å². The van der Waals surface area contributed by atoms with Gasteiger partial charge in [-0.3, -0.25) is 4.79 Å². The molecule has 0 aliphatic heterocycles. The van der Waals surface area contributed by atoms with E-state index in [0.29, 0.717) is 11.8 Å². The first-order chi connectivity index (χ1) is 7.10. The second-order valence-electron chi connectivity index (χ2n) is 6.32. The first-order valence-electron chi connectivity index (χ1n) is 6.42. The number of carbonyl (C=O) groups excluding carboxylic acids is 1. The monoisotopic (exact) mass is 207 g/mol. The maximum absolute atomic E-state index is 11.8. The van der Waals surface area contributed by atoms with Crippen molar-refractivity contribution < 1.29 is 4.79 Å². The van der Waals surface area contributed by atoms with Crippen LogP contribution in [0.1, 0.15) is 46.0 Å². The van der Waals surface area contributed by atoms with Crippen LogP contribution < -0.4 is 5.32 Å². The van der Waals surface area contributed by atoms with E-state index in [-0.39, 0.29) is 5.54 Å². The number of amides is 1. The summed E-state index contributed by atoms with van der Waals surface area (Å²) in [4.78, 5) is 11.8. The van der Waals surface area contributed by atoms with Gasteiger partial charge in [-0.15, -0.1) is 0 Å². The zero-order valence-corrected chi connectivity index (χ0v) is 9.75. The molecule has 0 unspecified atom stereocenters. The average molecular weight is 207 g/mol. The van der Waals surface area contributed by atoms with Crippen LogP contribution in [0.3, 0.4) is 0 Å². The predicted molar refractivity (Wildman–Crippen MR) is 59.3 cm³/mol. The van der Waals surface area contributed by atoms with Crippen molar-refractivity contribution in [3.8, 4) is 0 Å². The Morgan fingerprint density at radius 3 is 2.40 bits per heavy atom. The molecule has 15 heavy (non-hydrogen) atoms. The second-order valence-corrected chi connectivity index (χ2v) is 6.32. The number of nitrogens with one attached hydrogen (secondary N) is 1. The molecule has 4 aliphatic rings. The van der Waals surface area contributed by atoms with Crippen molar-refractivity contribution in [3.63, 3.8) is 0 Å². The number of fused-ring (bicyclic) bond motifs is 1. The average Bonchev–Trinajstić information content (AvgIpc) is 2.82. The molecule has 4 aliphatic carbocycles. The van der Waals surface area contributed by atoms with Crippen LogP contribution in [0, 0.1) is 23.7 Å². The van der Waals surface area contributed by atoms with E-state index >= 15 is 0 Å². The molecule has 1 amide bonds. The van der Waals surface area contributed by atoms with E-state index in [4.69, 9.17) is 0 Å². The normalized spacial score (nSPS) is 42.9. The summed E-state index contributed by atoms with van der Waals surface area (Å²) in [6.45, 7) is 4.64. The van der Waals surface area contributed by atoms with Gasteiger partial charge < -0.3 is 5.32 Å². The van der Waals surface area contributed by atoms with Gasteiger partial charge in [-0.1, -0.05) is 13.8 Å². The lowest BCUT2D eigenvalue weighted by Crippen LogP contribution is -2.52. The van der Waals surface area contributed by atoms with Crippen molar-refractivity contribution in [3.05, 3.63) is 0 Å². The lowest BCUT2D eigenvalue weighted by Gasteiger charge is -2.39. The van der Waals surface area contributed by atoms with Gasteiger partial charge in [0.1, 0.15) is 0 Å². The second kappa shape index (κ2) is 2.99. The molecule has 2 nitrogen and oxygen atoms in total. The molecular formula is C13H21NO. The maximum atomic E-state index is 11.8. The minimum atomic E-state index is 0.235. The molecule has 4 fully saturated rings. The lowest BCUT2D eigenvalue weighted by atomic mass is 9.75. The van der Waals surface area contributed by atoms with Gasteiger partial charge in [0.2, 0.25) is 5.91 Å². The molecule has 2 heteroatoms. The Kier molecular flexibility index (Phi) is 1.93. The zero-order chi connectivity index (χ0) is 10.6. The highest BCUT2D eigenvalue weighted by Crippen LogP contribution is 2.57. The van der Waals surface area contributed by atoms with Gasteiger partial charge in [0.15, 0.2) is 0 Å². The van der Waals surface area contributed by atoms with Crippen LogP contribution in [0.4, 0.5) is 0 Å². The maximum Gasteiger partial charge on any atom is 0.223 e. The third kappa shape index (κ3) is 1.49. The largest absolute Gasteiger partial charge is 0.350 e. The molecule has 0 aromatic heterocycles. The standard InChI is InChI=1S/C13H21NO/c1-8(2)11-7-13(5-10(11)6-13)14-12(15)9-3-4-9/h8-11H,3-7H2,1-2H3,(H,14,15)/t10?,11-,13?/m0/s1. The molecule has 0 saturated heterocycles. The van der Waals surface area contributed by atoms with E-state index in [1.54, 1.807) is 0 Å². The Morgan fingerprint density at radius 1 is 1.27 bits per heavy atom. The van der Waals surface area contributed by atoms with Gasteiger partial charge in [0.05, 0.1) is 0 Å². The molecule has 4 saturated carbocycles. The smallest absolute Gasteiger partial charge is 0.223 e. The van der Waals surface area contributed by atoms with Crippen LogP contribution in [0.15, 0.2) is 0 Å². The van der Waals surface area contributed by atoms with Crippen LogP contribution in [-0.2, 0) is 4.79 Å². The van der Waals surface area contributed by atoms with Gasteiger partial charge in [-0.05, 0) is 49.9 Å². The number of hydrogen-bond acceptors (Lipinski definition) is 1. The van der Waals surface area contributed by atoms with Crippen molar-refractivity contribution in [1.29, 1.82) is 0 Å². The topological polar surface area (TPSA) is 29.1 Å². The van der Waals surface area contributed by atoms with Crippen molar-refractivity contribution in [1.82, 2.24) is 5.32 Å². The van der Waals surface area contributed by atoms with Crippen LogP contribution in [0.2, 0.25) is 0 Å². The van der Waals surface area contributed by atoms with Crippen molar-refractivity contribution in [2.24, 2.45) is 23.7 Å². The van der Waals surface area contributed by atoms with Crippen LogP contribution in [0.5, 0.6) is 0 Å². The molecule has 0 radical (unpaired) electrons. The molecule has 2 bridgehead atoms. The lowest BCUT2D eigenvalue weighted by molar-refractivity contribution is -0.125. The molecule has 0 aromatic carbocycles. The Labute approximate surface area is 91.8 Å². The SMILES string of the molecule is CC(C)[C@@H]1CC2(NC(=O)C3CC3)CC1C2. The fourth-order valence-corrected chi connectivity index (χ4v) is 3.67. The van der Waals surface area contributed by atoms with Crippen LogP contribution >= 0.6 is 0 Å². The van der Waals surface area contributed by atoms with E-state index in [1.165, 1.54) is 19.3 Å². The zero-order valence-electron chi connectivity index (χ0n) is 9.75. The summed E-state index contributed by atoms with van der Waals surface area (Å²) >= 11 is 0. The molecular weight excluding hydrogens is 186 g/mol. The summed E-state index contributed by atoms with van der Waals surface area (Å²) in [6.07, 6.45) is 6.01. The van der Waals surface area contributed by atoms with Gasteiger partial charge in [-0.2, -0.15) is 0 Å². The third-order valence-electron chi connectivity index (χ3n) is 4.73. The third-order valence-corrected chi connectivity index (χ3v) is 4.73. The van der Waals surface area contributed by atoms with E-state index < -0.39 is 0 Å². The molecule has 0 aromatic rings. The molecule has 84 valence electrons. The Hall–Kier alpha value is -0.530. The fraction of sp³-hybridized carbons (Fsp3) is 0.923. The summed E-state index contributed by atoms with van der Waals surface area (Å²) in [5, 5.41) is 3.33. The summed E-state index contributed by atoms with van der Waals surface area (Å²) in [5.41, 5.74) is 0.235. The summed E-state index contributed by atoms with van der Waals surface area (Å²) in [7, 11) is 0. The van der Waals surface area contributed by atoms with Gasteiger partial charge in [0, 0.05) is 11.5 Å². The van der Waals surface area contributed by atoms with Crippen molar-refractivity contribution >= 4 is 5.91 Å². The Morgan fingerprint density at radius 2 is 1.93 bits per heavy atom. The molecule has 4 rings (SSSR count). The minimum absolute atomic E-state index is 0.235. The predicted octanol–water partition coefficient (Wildman–Crippen LogP) is 2.34. The van der Waals surface area contributed by atoms with E-state index in [0.717, 1.165) is 30.6 Å². The quantitative estimate of drug-likeness (QED) is 0.756. The number of carbonyl (C=O) groups is 1. The Bertz CT molecular complexity index is 287. The van der Waals surface area contributed by atoms with Crippen molar-refractivity contribution in [2.75, 3.05) is 0 Å². The summed E-state index contributed by atoms with van der Waals surface area (Å²) < 4.78 is 0. The highest BCUT2D eigenvalue weighted by molar-refractivity contribution is 5.81. The van der Waals surface area contributed by atoms with Gasteiger partial charge in [-0.25, -0.2) is 0 Å². The van der Waals surface area contributed by atoms with Crippen molar-refractivity contribution in [2.45, 2.75) is 51.5 Å². The molecule has 1 atom stereocenters. The molecule has 0 heterocycles. The highest BCUT2D eigenvalue weighted by Gasteiger charge is 2.57. The fourth-order valence-electron chi connectivity index (χ4n) is 3.67. The van der Waals surface area contributed by atoms with Crippen LogP contribution in [0.25, 0.3) is 0 Å². The molecule has 1 N–H and O–H groups in total. The highest BCUT2D eigenvalue weighted by atomic mass is 16.2. The van der Waals surface area contributed by atoms with E-state index in [2.05, 4.69) is 19.2 Å². The number of rotatable bonds is 3. The Balaban J connectivity index is 1.61. The van der Waals surface area contributed by atoms with Gasteiger partial charge in [0.25, 0.3) is 0 Å². The van der Waals surface area contributed by atoms with Gasteiger partial charge >= 0.3 is 0 Å². The van der Waals surface area contributed by atoms with E-state index in [1.807, 2.05) is 0 Å².